The fourth-order valence-electron chi connectivity index (χ4n) is 5.01. The molecule has 5 nitrogen and oxygen atoms in total. The van der Waals surface area contributed by atoms with Gasteiger partial charge in [-0.2, -0.15) is 0 Å². The minimum Gasteiger partial charge on any atom is -0.348 e. The average molecular weight is 456 g/mol. The van der Waals surface area contributed by atoms with Crippen LogP contribution in [0.3, 0.4) is 0 Å². The van der Waals surface area contributed by atoms with Gasteiger partial charge >= 0.3 is 0 Å². The van der Waals surface area contributed by atoms with Gasteiger partial charge in [0.05, 0.1) is 6.04 Å². The first-order valence-electron chi connectivity index (χ1n) is 12.0. The number of benzene rings is 1. The first kappa shape index (κ1) is 25.0. The molecule has 0 bridgehead atoms. The summed E-state index contributed by atoms with van der Waals surface area (Å²) in [5.74, 6) is -0.178. The molecule has 0 saturated heterocycles. The van der Waals surface area contributed by atoms with Crippen LogP contribution in [0.4, 0.5) is 4.39 Å². The molecule has 180 valence electrons. The topological polar surface area (TPSA) is 45.6 Å². The van der Waals surface area contributed by atoms with Crippen LogP contribution in [-0.4, -0.2) is 45.3 Å². The van der Waals surface area contributed by atoms with Crippen molar-refractivity contribution in [2.45, 2.75) is 73.0 Å². The van der Waals surface area contributed by atoms with Crippen molar-refractivity contribution in [3.63, 3.8) is 0 Å². The zero-order valence-electron chi connectivity index (χ0n) is 20.8. The molecule has 1 aliphatic heterocycles. The summed E-state index contributed by atoms with van der Waals surface area (Å²) in [5, 5.41) is 0. The Labute approximate surface area is 197 Å². The molecule has 0 radical (unpaired) electrons. The van der Waals surface area contributed by atoms with Gasteiger partial charge in [-0.25, -0.2) is 4.39 Å². The molecule has 33 heavy (non-hydrogen) atoms. The van der Waals surface area contributed by atoms with E-state index in [4.69, 9.17) is 0 Å². The van der Waals surface area contributed by atoms with Gasteiger partial charge in [0.2, 0.25) is 11.8 Å². The number of nitrogens with zero attached hydrogens (tertiary/aromatic N) is 3. The largest absolute Gasteiger partial charge is 0.348 e. The number of rotatable bonds is 7. The van der Waals surface area contributed by atoms with Crippen molar-refractivity contribution in [3.8, 4) is 0 Å². The number of hydrogen-bond donors (Lipinski definition) is 0. The van der Waals surface area contributed by atoms with Crippen molar-refractivity contribution in [1.29, 1.82) is 0 Å². The maximum atomic E-state index is 14.0. The quantitative estimate of drug-likeness (QED) is 0.572. The van der Waals surface area contributed by atoms with E-state index in [9.17, 15) is 14.0 Å². The van der Waals surface area contributed by atoms with Crippen LogP contribution < -0.4 is 0 Å². The third kappa shape index (κ3) is 6.24. The van der Waals surface area contributed by atoms with Crippen LogP contribution in [0, 0.1) is 17.2 Å². The second-order valence-corrected chi connectivity index (χ2v) is 10.9. The van der Waals surface area contributed by atoms with E-state index < -0.39 is 0 Å². The number of halogens is 1. The second kappa shape index (κ2) is 10.1. The van der Waals surface area contributed by atoms with Crippen LogP contribution in [0.1, 0.15) is 71.7 Å². The minimum atomic E-state index is -0.374. The van der Waals surface area contributed by atoms with Crippen molar-refractivity contribution in [2.75, 3.05) is 13.1 Å². The predicted octanol–water partition coefficient (Wildman–Crippen LogP) is 5.26. The zero-order valence-corrected chi connectivity index (χ0v) is 20.8. The third-order valence-corrected chi connectivity index (χ3v) is 6.26. The first-order chi connectivity index (χ1) is 15.5. The van der Waals surface area contributed by atoms with Gasteiger partial charge < -0.3 is 14.4 Å². The van der Waals surface area contributed by atoms with E-state index in [2.05, 4.69) is 32.3 Å². The van der Waals surface area contributed by atoms with E-state index >= 15 is 0 Å². The van der Waals surface area contributed by atoms with Gasteiger partial charge in [0.15, 0.2) is 0 Å². The SMILES string of the molecule is CC(C)N(CC(=O)N1CCn2cccc2[C@H]1c1cccc(F)c1)C(=O)C[C@@H](C)CC(C)(C)C. The summed E-state index contributed by atoms with van der Waals surface area (Å²) in [6.45, 7) is 13.8. The van der Waals surface area contributed by atoms with Crippen LogP contribution in [0.25, 0.3) is 0 Å². The molecule has 2 amide bonds. The normalized spacial score (nSPS) is 17.1. The number of fused-ring (bicyclic) bond motifs is 1. The molecule has 2 atom stereocenters. The summed E-state index contributed by atoms with van der Waals surface area (Å²) < 4.78 is 16.2. The van der Waals surface area contributed by atoms with Crippen LogP contribution in [-0.2, 0) is 16.1 Å². The fraction of sp³-hybridized carbons (Fsp3) is 0.556. The third-order valence-electron chi connectivity index (χ3n) is 6.26. The molecule has 0 N–H and O–H groups in total. The van der Waals surface area contributed by atoms with Crippen molar-refractivity contribution in [2.24, 2.45) is 11.3 Å². The number of carbonyl (C=O) groups is 2. The second-order valence-electron chi connectivity index (χ2n) is 10.9. The highest BCUT2D eigenvalue weighted by molar-refractivity contribution is 5.85. The Morgan fingerprint density at radius 1 is 1.12 bits per heavy atom. The Morgan fingerprint density at radius 3 is 2.48 bits per heavy atom. The van der Waals surface area contributed by atoms with Gasteiger partial charge in [0.1, 0.15) is 12.4 Å². The number of carbonyl (C=O) groups excluding carboxylic acids is 2. The molecule has 2 aromatic rings. The van der Waals surface area contributed by atoms with Gasteiger partial charge in [-0.15, -0.1) is 0 Å². The van der Waals surface area contributed by atoms with E-state index in [-0.39, 0.29) is 47.6 Å². The van der Waals surface area contributed by atoms with E-state index in [1.54, 1.807) is 15.9 Å². The first-order valence-corrected chi connectivity index (χ1v) is 12.0. The van der Waals surface area contributed by atoms with Crippen LogP contribution >= 0.6 is 0 Å². The highest BCUT2D eigenvalue weighted by Crippen LogP contribution is 2.33. The number of aromatic nitrogens is 1. The summed E-state index contributed by atoms with van der Waals surface area (Å²) in [6.07, 6.45) is 3.37. The van der Waals surface area contributed by atoms with Crippen LogP contribution in [0.15, 0.2) is 42.6 Å². The molecule has 1 aliphatic rings. The molecule has 0 fully saturated rings. The van der Waals surface area contributed by atoms with E-state index in [0.29, 0.717) is 19.5 Å². The number of amides is 2. The summed E-state index contributed by atoms with van der Waals surface area (Å²) >= 11 is 0. The Bertz CT molecular complexity index is 976. The zero-order chi connectivity index (χ0) is 24.3. The molecule has 0 aliphatic carbocycles. The van der Waals surface area contributed by atoms with Gasteiger partial charge in [-0.3, -0.25) is 9.59 Å². The summed E-state index contributed by atoms with van der Waals surface area (Å²) in [7, 11) is 0. The molecule has 0 unspecified atom stereocenters. The maximum Gasteiger partial charge on any atom is 0.243 e. The highest BCUT2D eigenvalue weighted by atomic mass is 19.1. The van der Waals surface area contributed by atoms with Crippen LogP contribution in [0.2, 0.25) is 0 Å². The fourth-order valence-corrected chi connectivity index (χ4v) is 5.01. The lowest BCUT2D eigenvalue weighted by Gasteiger charge is -2.39. The molecular formula is C27H38FN3O2. The molecular weight excluding hydrogens is 417 g/mol. The molecule has 6 heteroatoms. The van der Waals surface area contributed by atoms with Crippen molar-refractivity contribution in [1.82, 2.24) is 14.4 Å². The predicted molar refractivity (Wildman–Crippen MR) is 129 cm³/mol. The highest BCUT2D eigenvalue weighted by Gasteiger charge is 2.34. The standard InChI is InChI=1S/C27H38FN3O2/c1-19(2)31(24(32)15-20(3)17-27(4,5)6)18-25(33)30-14-13-29-12-8-11-23(29)26(30)21-9-7-10-22(28)16-21/h7-12,16,19-20,26H,13-15,17-18H2,1-6H3/t20-,26-/m1/s1. The molecule has 1 aromatic carbocycles. The van der Waals surface area contributed by atoms with Crippen molar-refractivity contribution in [3.05, 3.63) is 59.7 Å². The van der Waals surface area contributed by atoms with Gasteiger partial charge in [-0.1, -0.05) is 39.8 Å². The minimum absolute atomic E-state index is 0.0118. The summed E-state index contributed by atoms with van der Waals surface area (Å²) in [5.41, 5.74) is 1.85. The van der Waals surface area contributed by atoms with Crippen molar-refractivity contribution < 1.29 is 14.0 Å². The van der Waals surface area contributed by atoms with Gasteiger partial charge in [0, 0.05) is 37.4 Å². The Hall–Kier alpha value is -2.63. The maximum absolute atomic E-state index is 14.0. The van der Waals surface area contributed by atoms with Gasteiger partial charge in [0.25, 0.3) is 0 Å². The Balaban J connectivity index is 1.80. The van der Waals surface area contributed by atoms with E-state index in [1.165, 1.54) is 12.1 Å². The molecule has 3 rings (SSSR count). The lowest BCUT2D eigenvalue weighted by molar-refractivity contribution is -0.144. The Morgan fingerprint density at radius 2 is 1.85 bits per heavy atom. The Kier molecular flexibility index (Phi) is 7.65. The van der Waals surface area contributed by atoms with Crippen LogP contribution in [0.5, 0.6) is 0 Å². The van der Waals surface area contributed by atoms with E-state index in [0.717, 1.165) is 17.7 Å². The monoisotopic (exact) mass is 455 g/mol. The lowest BCUT2D eigenvalue weighted by Crippen LogP contribution is -2.49. The lowest BCUT2D eigenvalue weighted by atomic mass is 9.84. The van der Waals surface area contributed by atoms with Crippen molar-refractivity contribution >= 4 is 11.8 Å². The smallest absolute Gasteiger partial charge is 0.243 e. The van der Waals surface area contributed by atoms with Gasteiger partial charge in [-0.05, 0) is 61.4 Å². The molecule has 0 spiro atoms. The molecule has 1 aromatic heterocycles. The molecule has 2 heterocycles. The summed E-state index contributed by atoms with van der Waals surface area (Å²) in [6, 6.07) is 9.92. The van der Waals surface area contributed by atoms with E-state index in [1.807, 2.05) is 38.2 Å². The molecule has 0 saturated carbocycles. The average Bonchev–Trinajstić information content (AvgIpc) is 3.18. The number of hydrogen-bond acceptors (Lipinski definition) is 2. The summed E-state index contributed by atoms with van der Waals surface area (Å²) in [4.78, 5) is 30.2.